The second kappa shape index (κ2) is 8.69. The van der Waals surface area contributed by atoms with Crippen LogP contribution in [0.3, 0.4) is 0 Å². The molecule has 152 valence electrons. The summed E-state index contributed by atoms with van der Waals surface area (Å²) in [6, 6.07) is 14.4. The SMILES string of the molecule is Cc1ccc(Oc2ccc(Nc3ncnc4ccc(C#CC(N)=O)cc34)cc2Cl)cn1. The Morgan fingerprint density at radius 3 is 2.71 bits per heavy atom. The molecular formula is C23H16ClN5O2. The number of nitrogens with one attached hydrogen (secondary N) is 1. The smallest absolute Gasteiger partial charge is 0.293 e. The van der Waals surface area contributed by atoms with Gasteiger partial charge in [-0.2, -0.15) is 0 Å². The van der Waals surface area contributed by atoms with E-state index in [9.17, 15) is 4.79 Å². The number of nitrogens with zero attached hydrogens (tertiary/aromatic N) is 3. The highest BCUT2D eigenvalue weighted by atomic mass is 35.5. The molecule has 0 unspecified atom stereocenters. The Kier molecular flexibility index (Phi) is 5.65. The van der Waals surface area contributed by atoms with Gasteiger partial charge in [-0.3, -0.25) is 9.78 Å². The molecule has 0 fully saturated rings. The molecule has 0 aliphatic carbocycles. The van der Waals surface area contributed by atoms with Gasteiger partial charge < -0.3 is 15.8 Å². The van der Waals surface area contributed by atoms with Gasteiger partial charge in [-0.05, 0) is 61.4 Å². The van der Waals surface area contributed by atoms with Gasteiger partial charge in [0.2, 0.25) is 0 Å². The molecule has 4 rings (SSSR count). The molecule has 31 heavy (non-hydrogen) atoms. The summed E-state index contributed by atoms with van der Waals surface area (Å²) in [5.41, 5.74) is 8.05. The van der Waals surface area contributed by atoms with Crippen molar-refractivity contribution in [2.75, 3.05) is 5.32 Å². The Morgan fingerprint density at radius 2 is 1.97 bits per heavy atom. The summed E-state index contributed by atoms with van der Waals surface area (Å²) in [4.78, 5) is 23.7. The lowest BCUT2D eigenvalue weighted by Crippen LogP contribution is -2.06. The van der Waals surface area contributed by atoms with E-state index < -0.39 is 5.91 Å². The summed E-state index contributed by atoms with van der Waals surface area (Å²) in [5.74, 6) is 6.03. The van der Waals surface area contributed by atoms with Crippen molar-refractivity contribution in [3.8, 4) is 23.3 Å². The first-order chi connectivity index (χ1) is 15.0. The number of halogens is 1. The van der Waals surface area contributed by atoms with Gasteiger partial charge in [-0.25, -0.2) is 9.97 Å². The molecule has 8 heteroatoms. The maximum absolute atomic E-state index is 10.9. The van der Waals surface area contributed by atoms with Crippen LogP contribution in [0.25, 0.3) is 10.9 Å². The number of anilines is 2. The number of fused-ring (bicyclic) bond motifs is 1. The Morgan fingerprint density at radius 1 is 1.10 bits per heavy atom. The van der Waals surface area contributed by atoms with Crippen LogP contribution < -0.4 is 15.8 Å². The highest BCUT2D eigenvalue weighted by molar-refractivity contribution is 6.32. The van der Waals surface area contributed by atoms with E-state index >= 15 is 0 Å². The van der Waals surface area contributed by atoms with Crippen LogP contribution in [0.5, 0.6) is 11.5 Å². The number of amides is 1. The highest BCUT2D eigenvalue weighted by Gasteiger charge is 2.09. The van der Waals surface area contributed by atoms with Gasteiger partial charge in [-0.1, -0.05) is 17.5 Å². The predicted molar refractivity (Wildman–Crippen MR) is 119 cm³/mol. The van der Waals surface area contributed by atoms with E-state index in [1.807, 2.05) is 25.1 Å². The molecule has 3 N–H and O–H groups in total. The third kappa shape index (κ3) is 4.89. The maximum Gasteiger partial charge on any atom is 0.293 e. The standard InChI is InChI=1S/C23H16ClN5O2/c1-14-2-6-17(12-26-14)31-21-8-5-16(11-19(21)24)29-23-18-10-15(4-9-22(25)30)3-7-20(18)27-13-28-23/h2-3,5-8,10-13H,1H3,(H2,25,30)(H,27,28,29). The Bertz CT molecular complexity index is 1340. The lowest BCUT2D eigenvalue weighted by Gasteiger charge is -2.11. The lowest BCUT2D eigenvalue weighted by molar-refractivity contribution is -0.112. The van der Waals surface area contributed by atoms with Crippen LogP contribution in [-0.2, 0) is 4.79 Å². The average molecular weight is 430 g/mol. The van der Waals surface area contributed by atoms with E-state index in [1.165, 1.54) is 6.33 Å². The number of carbonyl (C=O) groups excluding carboxylic acids is 1. The van der Waals surface area contributed by atoms with Gasteiger partial charge in [0.1, 0.15) is 23.6 Å². The van der Waals surface area contributed by atoms with Gasteiger partial charge in [0, 0.05) is 22.3 Å². The van der Waals surface area contributed by atoms with Crippen molar-refractivity contribution in [2.24, 2.45) is 5.73 Å². The minimum absolute atomic E-state index is 0.428. The molecule has 0 bridgehead atoms. The number of hydrogen-bond acceptors (Lipinski definition) is 6. The zero-order valence-electron chi connectivity index (χ0n) is 16.4. The molecule has 0 saturated carbocycles. The van der Waals surface area contributed by atoms with Gasteiger partial charge in [0.15, 0.2) is 0 Å². The normalized spacial score (nSPS) is 10.3. The third-order valence-corrected chi connectivity index (χ3v) is 4.57. The number of rotatable bonds is 4. The van der Waals surface area contributed by atoms with Crippen molar-refractivity contribution < 1.29 is 9.53 Å². The van der Waals surface area contributed by atoms with Crippen molar-refractivity contribution in [3.63, 3.8) is 0 Å². The van der Waals surface area contributed by atoms with E-state index in [-0.39, 0.29) is 0 Å². The fourth-order valence-electron chi connectivity index (χ4n) is 2.81. The zero-order valence-corrected chi connectivity index (χ0v) is 17.1. The molecule has 4 aromatic rings. The van der Waals surface area contributed by atoms with Crippen molar-refractivity contribution in [2.45, 2.75) is 6.92 Å². The number of pyridine rings is 1. The van der Waals surface area contributed by atoms with Crippen molar-refractivity contribution in [1.82, 2.24) is 15.0 Å². The van der Waals surface area contributed by atoms with E-state index in [1.54, 1.807) is 36.5 Å². The third-order valence-electron chi connectivity index (χ3n) is 4.27. The van der Waals surface area contributed by atoms with Gasteiger partial charge in [0.25, 0.3) is 5.91 Å². The van der Waals surface area contributed by atoms with Crippen LogP contribution in [0.15, 0.2) is 61.1 Å². The van der Waals surface area contributed by atoms with Crippen molar-refractivity contribution >= 4 is 39.9 Å². The van der Waals surface area contributed by atoms with Crippen LogP contribution in [0, 0.1) is 18.8 Å². The summed E-state index contributed by atoms with van der Waals surface area (Å²) in [7, 11) is 0. The number of aromatic nitrogens is 3. The second-order valence-corrected chi connectivity index (χ2v) is 6.98. The number of carbonyl (C=O) groups is 1. The lowest BCUT2D eigenvalue weighted by atomic mass is 10.1. The Labute approximate surface area is 183 Å². The molecule has 7 nitrogen and oxygen atoms in total. The molecule has 0 saturated heterocycles. The van der Waals surface area contributed by atoms with Crippen LogP contribution >= 0.6 is 11.6 Å². The summed E-state index contributed by atoms with van der Waals surface area (Å²) < 4.78 is 5.80. The summed E-state index contributed by atoms with van der Waals surface area (Å²) in [5, 5.41) is 4.40. The quantitative estimate of drug-likeness (QED) is 0.467. The molecular weight excluding hydrogens is 414 g/mol. The van der Waals surface area contributed by atoms with E-state index in [4.69, 9.17) is 22.1 Å². The summed E-state index contributed by atoms with van der Waals surface area (Å²) in [6.45, 7) is 1.90. The summed E-state index contributed by atoms with van der Waals surface area (Å²) >= 11 is 6.41. The number of aryl methyl sites for hydroxylation is 1. The molecule has 0 spiro atoms. The number of hydrogen-bond donors (Lipinski definition) is 2. The first-order valence-corrected chi connectivity index (χ1v) is 9.59. The van der Waals surface area contributed by atoms with Gasteiger partial charge in [0.05, 0.1) is 16.7 Å². The molecule has 0 aliphatic heterocycles. The van der Waals surface area contributed by atoms with Crippen LogP contribution in [-0.4, -0.2) is 20.9 Å². The van der Waals surface area contributed by atoms with Crippen LogP contribution in [0.1, 0.15) is 11.3 Å². The Balaban J connectivity index is 1.60. The highest BCUT2D eigenvalue weighted by Crippen LogP contribution is 2.33. The summed E-state index contributed by atoms with van der Waals surface area (Å²) in [6.07, 6.45) is 3.10. The first kappa shape index (κ1) is 20.1. The van der Waals surface area contributed by atoms with Crippen molar-refractivity contribution in [3.05, 3.63) is 77.3 Å². The molecule has 2 aromatic carbocycles. The number of primary amides is 1. The topological polar surface area (TPSA) is 103 Å². The minimum atomic E-state index is -0.693. The minimum Gasteiger partial charge on any atom is -0.454 e. The molecule has 0 aliphatic rings. The molecule has 2 heterocycles. The number of ether oxygens (including phenoxy) is 1. The second-order valence-electron chi connectivity index (χ2n) is 6.58. The van der Waals surface area contributed by atoms with E-state index in [0.29, 0.717) is 33.6 Å². The monoisotopic (exact) mass is 429 g/mol. The Hall–Kier alpha value is -4.15. The molecule has 2 aromatic heterocycles. The molecule has 0 atom stereocenters. The maximum atomic E-state index is 10.9. The molecule has 1 amide bonds. The first-order valence-electron chi connectivity index (χ1n) is 9.21. The fraction of sp³-hybridized carbons (Fsp3) is 0.0435. The van der Waals surface area contributed by atoms with E-state index in [2.05, 4.69) is 32.1 Å². The largest absolute Gasteiger partial charge is 0.454 e. The van der Waals surface area contributed by atoms with E-state index in [0.717, 1.165) is 16.6 Å². The fourth-order valence-corrected chi connectivity index (χ4v) is 3.03. The van der Waals surface area contributed by atoms with Gasteiger partial charge >= 0.3 is 0 Å². The number of benzene rings is 2. The molecule has 0 radical (unpaired) electrons. The predicted octanol–water partition coefficient (Wildman–Crippen LogP) is 4.36. The number of nitrogens with two attached hydrogens (primary N) is 1. The van der Waals surface area contributed by atoms with Crippen LogP contribution in [0.2, 0.25) is 5.02 Å². The zero-order chi connectivity index (χ0) is 21.8. The van der Waals surface area contributed by atoms with Crippen LogP contribution in [0.4, 0.5) is 11.5 Å². The van der Waals surface area contributed by atoms with Crippen molar-refractivity contribution in [1.29, 1.82) is 0 Å². The average Bonchev–Trinajstić information content (AvgIpc) is 2.76. The van der Waals surface area contributed by atoms with Gasteiger partial charge in [-0.15, -0.1) is 0 Å².